The summed E-state index contributed by atoms with van der Waals surface area (Å²) < 4.78 is 6.10. The van der Waals surface area contributed by atoms with E-state index in [-0.39, 0.29) is 0 Å². The van der Waals surface area contributed by atoms with Crippen LogP contribution in [0.5, 0.6) is 11.5 Å². The lowest BCUT2D eigenvalue weighted by Gasteiger charge is -2.15. The topological polar surface area (TPSA) is 34.2 Å². The number of hydrogen-bond acceptors (Lipinski definition) is 3. The lowest BCUT2D eigenvalue weighted by molar-refractivity contribution is 0.464. The van der Waals surface area contributed by atoms with Gasteiger partial charge in [-0.1, -0.05) is 12.1 Å². The molecule has 0 amide bonds. The smallest absolute Gasteiger partial charge is 0.150 e. The quantitative estimate of drug-likeness (QED) is 0.908. The van der Waals surface area contributed by atoms with Gasteiger partial charge in [0, 0.05) is 18.3 Å². The standard InChI is InChI=1S/C16H20N2O/c1-11-5-6-12(2)16(13(11)3)19-15-10-18-8-7-14(15)9-17-4/h5-8,10,17H,9H2,1-4H3. The van der Waals surface area contributed by atoms with E-state index in [0.29, 0.717) is 0 Å². The van der Waals surface area contributed by atoms with Crippen molar-refractivity contribution in [2.75, 3.05) is 7.05 Å². The van der Waals surface area contributed by atoms with Crippen LogP contribution in [0.2, 0.25) is 0 Å². The van der Waals surface area contributed by atoms with Crippen molar-refractivity contribution in [3.8, 4) is 11.5 Å². The minimum absolute atomic E-state index is 0.766. The first-order chi connectivity index (χ1) is 9.13. The van der Waals surface area contributed by atoms with Crippen molar-refractivity contribution in [3.05, 3.63) is 52.8 Å². The zero-order valence-corrected chi connectivity index (χ0v) is 11.9. The van der Waals surface area contributed by atoms with E-state index in [9.17, 15) is 0 Å². The van der Waals surface area contributed by atoms with Crippen molar-refractivity contribution in [2.24, 2.45) is 0 Å². The van der Waals surface area contributed by atoms with Crippen molar-refractivity contribution < 1.29 is 4.74 Å². The van der Waals surface area contributed by atoms with Crippen LogP contribution in [-0.4, -0.2) is 12.0 Å². The van der Waals surface area contributed by atoms with Gasteiger partial charge in [-0.15, -0.1) is 0 Å². The highest BCUT2D eigenvalue weighted by Crippen LogP contribution is 2.31. The summed E-state index contributed by atoms with van der Waals surface area (Å²) in [7, 11) is 1.92. The summed E-state index contributed by atoms with van der Waals surface area (Å²) in [6.45, 7) is 7.02. The lowest BCUT2D eigenvalue weighted by Crippen LogP contribution is -2.07. The zero-order chi connectivity index (χ0) is 13.8. The van der Waals surface area contributed by atoms with Crippen LogP contribution in [0.4, 0.5) is 0 Å². The summed E-state index contributed by atoms with van der Waals surface area (Å²) in [5.41, 5.74) is 4.67. The fourth-order valence-electron chi connectivity index (χ4n) is 2.03. The fraction of sp³-hybridized carbons (Fsp3) is 0.312. The molecule has 1 aromatic heterocycles. The minimum Gasteiger partial charge on any atom is -0.455 e. The van der Waals surface area contributed by atoms with Crippen LogP contribution in [0.3, 0.4) is 0 Å². The second-order valence-electron chi connectivity index (χ2n) is 4.77. The summed E-state index contributed by atoms with van der Waals surface area (Å²) in [6, 6.07) is 6.19. The Morgan fingerprint density at radius 2 is 1.84 bits per heavy atom. The molecule has 0 aliphatic carbocycles. The van der Waals surface area contributed by atoms with Crippen molar-refractivity contribution in [3.63, 3.8) is 0 Å². The molecule has 0 radical (unpaired) electrons. The van der Waals surface area contributed by atoms with E-state index in [1.807, 2.05) is 13.1 Å². The number of aromatic nitrogens is 1. The van der Waals surface area contributed by atoms with Gasteiger partial charge in [0.1, 0.15) is 11.5 Å². The second-order valence-corrected chi connectivity index (χ2v) is 4.77. The van der Waals surface area contributed by atoms with Crippen LogP contribution in [0.25, 0.3) is 0 Å². The fourth-order valence-corrected chi connectivity index (χ4v) is 2.03. The molecule has 0 unspecified atom stereocenters. The van der Waals surface area contributed by atoms with Crippen LogP contribution in [0, 0.1) is 20.8 Å². The third kappa shape index (κ3) is 2.93. The van der Waals surface area contributed by atoms with E-state index in [1.165, 1.54) is 11.1 Å². The largest absolute Gasteiger partial charge is 0.455 e. The zero-order valence-electron chi connectivity index (χ0n) is 11.9. The molecule has 3 nitrogen and oxygen atoms in total. The maximum absolute atomic E-state index is 6.10. The van der Waals surface area contributed by atoms with Gasteiger partial charge in [-0.25, -0.2) is 0 Å². The normalized spacial score (nSPS) is 10.5. The molecule has 100 valence electrons. The maximum Gasteiger partial charge on any atom is 0.150 e. The van der Waals surface area contributed by atoms with Gasteiger partial charge in [0.15, 0.2) is 0 Å². The Hall–Kier alpha value is -1.87. The van der Waals surface area contributed by atoms with Crippen LogP contribution in [0.15, 0.2) is 30.6 Å². The molecule has 1 N–H and O–H groups in total. The number of rotatable bonds is 4. The predicted octanol–water partition coefficient (Wildman–Crippen LogP) is 3.52. The summed E-state index contributed by atoms with van der Waals surface area (Å²) in [6.07, 6.45) is 3.56. The molecule has 1 heterocycles. The molecule has 0 aliphatic heterocycles. The molecule has 2 rings (SSSR count). The van der Waals surface area contributed by atoms with E-state index >= 15 is 0 Å². The Balaban J connectivity index is 2.39. The first-order valence-corrected chi connectivity index (χ1v) is 6.45. The Bertz CT molecular complexity index is 579. The highest BCUT2D eigenvalue weighted by molar-refractivity contribution is 5.47. The first kappa shape index (κ1) is 13.6. The van der Waals surface area contributed by atoms with Gasteiger partial charge in [0.25, 0.3) is 0 Å². The highest BCUT2D eigenvalue weighted by atomic mass is 16.5. The van der Waals surface area contributed by atoms with Gasteiger partial charge in [-0.3, -0.25) is 4.98 Å². The Labute approximate surface area is 114 Å². The van der Waals surface area contributed by atoms with E-state index < -0.39 is 0 Å². The summed E-state index contributed by atoms with van der Waals surface area (Å²) >= 11 is 0. The molecule has 0 atom stereocenters. The van der Waals surface area contributed by atoms with Gasteiger partial charge in [0.05, 0.1) is 6.20 Å². The van der Waals surface area contributed by atoms with Crippen LogP contribution < -0.4 is 10.1 Å². The molecule has 0 saturated heterocycles. The average Bonchev–Trinajstić information content (AvgIpc) is 2.41. The summed E-state index contributed by atoms with van der Waals surface area (Å²) in [5.74, 6) is 1.75. The summed E-state index contributed by atoms with van der Waals surface area (Å²) in [5, 5.41) is 3.14. The molecule has 0 aliphatic rings. The minimum atomic E-state index is 0.766. The number of hydrogen-bond donors (Lipinski definition) is 1. The number of aryl methyl sites for hydroxylation is 2. The molecule has 0 fully saturated rings. The second kappa shape index (κ2) is 5.85. The van der Waals surface area contributed by atoms with Gasteiger partial charge < -0.3 is 10.1 Å². The van der Waals surface area contributed by atoms with Crippen LogP contribution in [-0.2, 0) is 6.54 Å². The number of pyridine rings is 1. The van der Waals surface area contributed by atoms with Gasteiger partial charge in [0.2, 0.25) is 0 Å². The lowest BCUT2D eigenvalue weighted by atomic mass is 10.1. The first-order valence-electron chi connectivity index (χ1n) is 6.45. The van der Waals surface area contributed by atoms with Crippen molar-refractivity contribution in [2.45, 2.75) is 27.3 Å². The Kier molecular flexibility index (Phi) is 4.17. The third-order valence-corrected chi connectivity index (χ3v) is 3.32. The molecule has 0 bridgehead atoms. The Morgan fingerprint density at radius 1 is 1.11 bits per heavy atom. The number of benzene rings is 1. The van der Waals surface area contributed by atoms with Crippen LogP contribution >= 0.6 is 0 Å². The van der Waals surface area contributed by atoms with E-state index in [2.05, 4.69) is 43.2 Å². The molecule has 0 saturated carbocycles. The number of nitrogens with one attached hydrogen (secondary N) is 1. The van der Waals surface area contributed by atoms with Crippen molar-refractivity contribution >= 4 is 0 Å². The molecule has 19 heavy (non-hydrogen) atoms. The van der Waals surface area contributed by atoms with E-state index in [4.69, 9.17) is 4.74 Å². The third-order valence-electron chi connectivity index (χ3n) is 3.32. The SMILES string of the molecule is CNCc1ccncc1Oc1c(C)ccc(C)c1C. The molecular weight excluding hydrogens is 236 g/mol. The van der Waals surface area contributed by atoms with Crippen molar-refractivity contribution in [1.82, 2.24) is 10.3 Å². The highest BCUT2D eigenvalue weighted by Gasteiger charge is 2.10. The van der Waals surface area contributed by atoms with Crippen LogP contribution in [0.1, 0.15) is 22.3 Å². The summed E-state index contributed by atoms with van der Waals surface area (Å²) in [4.78, 5) is 4.15. The average molecular weight is 256 g/mol. The van der Waals surface area contributed by atoms with Gasteiger partial charge >= 0.3 is 0 Å². The van der Waals surface area contributed by atoms with Gasteiger partial charge in [-0.2, -0.15) is 0 Å². The molecular formula is C16H20N2O. The molecule has 1 aromatic carbocycles. The van der Waals surface area contributed by atoms with Crippen molar-refractivity contribution in [1.29, 1.82) is 0 Å². The van der Waals surface area contributed by atoms with E-state index in [0.717, 1.165) is 29.2 Å². The van der Waals surface area contributed by atoms with E-state index in [1.54, 1.807) is 12.4 Å². The predicted molar refractivity (Wildman–Crippen MR) is 77.7 cm³/mol. The number of ether oxygens (including phenoxy) is 1. The monoisotopic (exact) mass is 256 g/mol. The van der Waals surface area contributed by atoms with Gasteiger partial charge in [-0.05, 0) is 50.6 Å². The molecule has 3 heteroatoms. The number of nitrogens with zero attached hydrogens (tertiary/aromatic N) is 1. The Morgan fingerprint density at radius 3 is 2.58 bits per heavy atom. The molecule has 2 aromatic rings. The maximum atomic E-state index is 6.10. The molecule has 0 spiro atoms.